The van der Waals surface area contributed by atoms with Gasteiger partial charge in [0.05, 0.1) is 11.3 Å². The molecule has 8 nitrogen and oxygen atoms in total. The Morgan fingerprint density at radius 2 is 1.82 bits per heavy atom. The molecule has 0 fully saturated rings. The topological polar surface area (TPSA) is 121 Å². The molecule has 0 aliphatic heterocycles. The molecule has 0 bridgehead atoms. The number of anilines is 1. The molecule has 0 amide bonds. The number of H-pyrrole nitrogens is 2. The average molecular weight is 454 g/mol. The maximum absolute atomic E-state index is 13.2. The van der Waals surface area contributed by atoms with Gasteiger partial charge in [0, 0.05) is 5.56 Å². The minimum Gasteiger partial charge on any atom is -0.289 e. The largest absolute Gasteiger partial charge is 0.416 e. The number of benzene rings is 1. The van der Waals surface area contributed by atoms with Gasteiger partial charge >= 0.3 is 11.9 Å². The van der Waals surface area contributed by atoms with Gasteiger partial charge in [-0.1, -0.05) is 23.2 Å². The number of nitrogens with one attached hydrogen (secondary N) is 3. The highest BCUT2D eigenvalue weighted by Gasteiger charge is 2.32. The molecule has 1 aromatic carbocycles. The summed E-state index contributed by atoms with van der Waals surface area (Å²) in [6.07, 6.45) is -4.79. The Kier molecular flexibility index (Phi) is 5.12. The molecule has 0 saturated heterocycles. The number of halogens is 5. The summed E-state index contributed by atoms with van der Waals surface area (Å²) in [6.45, 7) is 0. The average Bonchev–Trinajstić information content (AvgIpc) is 2.99. The molecule has 0 atom stereocenters. The molecule has 0 aliphatic rings. The summed E-state index contributed by atoms with van der Waals surface area (Å²) in [5.74, 6) is -0.206. The molecule has 0 unspecified atom stereocenters. The fourth-order valence-corrected chi connectivity index (χ4v) is 3.91. The Hall–Kier alpha value is -2.57. The van der Waals surface area contributed by atoms with E-state index in [2.05, 4.69) is 15.1 Å². The van der Waals surface area contributed by atoms with Crippen LogP contribution in [-0.2, 0) is 16.2 Å². The molecule has 148 valence electrons. The first-order chi connectivity index (χ1) is 13.0. The number of hydrogen-bond acceptors (Lipinski definition) is 5. The number of pyridine rings is 1. The van der Waals surface area contributed by atoms with Crippen molar-refractivity contribution in [3.05, 3.63) is 56.7 Å². The van der Waals surface area contributed by atoms with Gasteiger partial charge in [-0.05, 0) is 30.3 Å². The van der Waals surface area contributed by atoms with Crippen LogP contribution < -0.4 is 10.4 Å². The van der Waals surface area contributed by atoms with Crippen molar-refractivity contribution in [2.45, 2.75) is 11.1 Å². The van der Waals surface area contributed by atoms with Crippen molar-refractivity contribution in [1.29, 1.82) is 0 Å². The lowest BCUT2D eigenvalue weighted by Gasteiger charge is -2.13. The number of aromatic nitrogens is 4. The van der Waals surface area contributed by atoms with Crippen LogP contribution in [0.4, 0.5) is 18.9 Å². The second kappa shape index (κ2) is 7.11. The molecule has 14 heteroatoms. The van der Waals surface area contributed by atoms with Crippen LogP contribution in [0.3, 0.4) is 0 Å². The molecule has 28 heavy (non-hydrogen) atoms. The minimum absolute atomic E-state index is 0.0622. The van der Waals surface area contributed by atoms with Crippen molar-refractivity contribution < 1.29 is 21.6 Å². The molecule has 3 aromatic rings. The maximum Gasteiger partial charge on any atom is 0.416 e. The van der Waals surface area contributed by atoms with Crippen molar-refractivity contribution in [1.82, 2.24) is 20.2 Å². The Labute approximate surface area is 164 Å². The first-order valence-electron chi connectivity index (χ1n) is 7.18. The summed E-state index contributed by atoms with van der Waals surface area (Å²) < 4.78 is 66.6. The lowest BCUT2D eigenvalue weighted by Crippen LogP contribution is -2.15. The van der Waals surface area contributed by atoms with Crippen molar-refractivity contribution in [2.75, 3.05) is 4.72 Å². The molecule has 3 N–H and O–H groups in total. The van der Waals surface area contributed by atoms with Crippen LogP contribution in [-0.4, -0.2) is 28.6 Å². The highest BCUT2D eigenvalue weighted by atomic mass is 35.5. The van der Waals surface area contributed by atoms with Gasteiger partial charge in [-0.2, -0.15) is 18.3 Å². The molecular formula is C14H8Cl2F3N5O3S. The Balaban J connectivity index is 2.09. The van der Waals surface area contributed by atoms with Crippen LogP contribution in [0.5, 0.6) is 0 Å². The van der Waals surface area contributed by atoms with Gasteiger partial charge in [-0.3, -0.25) is 9.71 Å². The van der Waals surface area contributed by atoms with E-state index < -0.39 is 43.2 Å². The summed E-state index contributed by atoms with van der Waals surface area (Å²) in [4.78, 5) is 16.5. The van der Waals surface area contributed by atoms with Crippen molar-refractivity contribution in [3.8, 4) is 11.4 Å². The monoisotopic (exact) mass is 453 g/mol. The summed E-state index contributed by atoms with van der Waals surface area (Å²) >= 11 is 11.4. The normalized spacial score (nSPS) is 12.2. The van der Waals surface area contributed by atoms with Crippen LogP contribution in [0.25, 0.3) is 11.4 Å². The number of alkyl halides is 3. The number of hydrogen-bond donors (Lipinski definition) is 3. The SMILES string of the molecule is O=c1[nH]nc(-c2cc(NS(=O)(=O)c3ccc(Cl)nc3Cl)cc(C(F)(F)F)c2)[nH]1. The Bertz CT molecular complexity index is 1210. The van der Waals surface area contributed by atoms with Crippen LogP contribution in [0.15, 0.2) is 40.0 Å². The molecule has 0 aliphatic carbocycles. The fourth-order valence-electron chi connectivity index (χ4n) is 2.20. The van der Waals surface area contributed by atoms with Gasteiger partial charge in [0.1, 0.15) is 10.0 Å². The zero-order chi connectivity index (χ0) is 20.7. The maximum atomic E-state index is 13.2. The second-order valence-electron chi connectivity index (χ2n) is 5.35. The summed E-state index contributed by atoms with van der Waals surface area (Å²) in [6, 6.07) is 4.58. The fraction of sp³-hybridized carbons (Fsp3) is 0.0714. The summed E-state index contributed by atoms with van der Waals surface area (Å²) in [5, 5.41) is 5.04. The van der Waals surface area contributed by atoms with E-state index in [4.69, 9.17) is 23.2 Å². The Morgan fingerprint density at radius 3 is 2.39 bits per heavy atom. The summed E-state index contributed by atoms with van der Waals surface area (Å²) in [5.41, 5.74) is -2.51. The molecule has 0 saturated carbocycles. The van der Waals surface area contributed by atoms with Gasteiger partial charge in [-0.25, -0.2) is 23.3 Å². The quantitative estimate of drug-likeness (QED) is 0.523. The lowest BCUT2D eigenvalue weighted by atomic mass is 10.1. The van der Waals surface area contributed by atoms with Crippen molar-refractivity contribution in [3.63, 3.8) is 0 Å². The van der Waals surface area contributed by atoms with Gasteiger partial charge in [0.15, 0.2) is 11.0 Å². The van der Waals surface area contributed by atoms with Crippen LogP contribution in [0, 0.1) is 0 Å². The molecule has 3 rings (SSSR count). The van der Waals surface area contributed by atoms with E-state index in [1.807, 2.05) is 9.82 Å². The highest BCUT2D eigenvalue weighted by molar-refractivity contribution is 7.92. The molecule has 0 radical (unpaired) electrons. The van der Waals surface area contributed by atoms with E-state index in [1.54, 1.807) is 0 Å². The standard InChI is InChI=1S/C14H8Cl2F3N5O3S/c15-10-2-1-9(11(16)20-10)28(26,27)24-8-4-6(12-21-13(25)23-22-12)3-7(5-8)14(17,18)19/h1-5,24H,(H2,21,22,23,25). The number of nitrogens with zero attached hydrogens (tertiary/aromatic N) is 2. The third-order valence-corrected chi connectivity index (χ3v) is 5.38. The van der Waals surface area contributed by atoms with E-state index in [0.29, 0.717) is 12.1 Å². The van der Waals surface area contributed by atoms with Gasteiger partial charge in [0.25, 0.3) is 10.0 Å². The zero-order valence-corrected chi connectivity index (χ0v) is 15.6. The lowest BCUT2D eigenvalue weighted by molar-refractivity contribution is -0.137. The smallest absolute Gasteiger partial charge is 0.289 e. The second-order valence-corrected chi connectivity index (χ2v) is 7.75. The van der Waals surface area contributed by atoms with Gasteiger partial charge in [-0.15, -0.1) is 0 Å². The predicted molar refractivity (Wildman–Crippen MR) is 94.7 cm³/mol. The van der Waals surface area contributed by atoms with E-state index in [1.165, 1.54) is 0 Å². The molecule has 0 spiro atoms. The number of rotatable bonds is 4. The van der Waals surface area contributed by atoms with E-state index in [9.17, 15) is 26.4 Å². The third kappa shape index (κ3) is 4.29. The van der Waals surface area contributed by atoms with Crippen LogP contribution in [0.1, 0.15) is 5.56 Å². The third-order valence-electron chi connectivity index (χ3n) is 3.36. The number of sulfonamides is 1. The van der Waals surface area contributed by atoms with Crippen molar-refractivity contribution >= 4 is 38.9 Å². The van der Waals surface area contributed by atoms with E-state index in [0.717, 1.165) is 18.2 Å². The number of aromatic amines is 2. The van der Waals surface area contributed by atoms with Gasteiger partial charge in [0.2, 0.25) is 0 Å². The molecular weight excluding hydrogens is 446 g/mol. The van der Waals surface area contributed by atoms with E-state index >= 15 is 0 Å². The van der Waals surface area contributed by atoms with Crippen LogP contribution in [0.2, 0.25) is 10.3 Å². The van der Waals surface area contributed by atoms with Crippen LogP contribution >= 0.6 is 23.2 Å². The van der Waals surface area contributed by atoms with Crippen molar-refractivity contribution in [2.24, 2.45) is 0 Å². The van der Waals surface area contributed by atoms with E-state index in [-0.39, 0.29) is 16.5 Å². The molecule has 2 heterocycles. The highest BCUT2D eigenvalue weighted by Crippen LogP contribution is 2.35. The minimum atomic E-state index is -4.79. The molecule has 2 aromatic heterocycles. The zero-order valence-electron chi connectivity index (χ0n) is 13.3. The summed E-state index contributed by atoms with van der Waals surface area (Å²) in [7, 11) is -4.39. The Morgan fingerprint density at radius 1 is 1.11 bits per heavy atom. The first kappa shape index (κ1) is 20.2. The van der Waals surface area contributed by atoms with Gasteiger partial charge < -0.3 is 0 Å². The predicted octanol–water partition coefficient (Wildman–Crippen LogP) is 3.29. The first-order valence-corrected chi connectivity index (χ1v) is 9.42.